The highest BCUT2D eigenvalue weighted by Gasteiger charge is 2.24. The lowest BCUT2D eigenvalue weighted by atomic mass is 10.2. The average molecular weight is 431 g/mol. The van der Waals surface area contributed by atoms with Crippen LogP contribution in [-0.4, -0.2) is 18.2 Å². The summed E-state index contributed by atoms with van der Waals surface area (Å²) in [6, 6.07) is 23.4. The van der Waals surface area contributed by atoms with Gasteiger partial charge in [-0.2, -0.15) is 0 Å². The Morgan fingerprint density at radius 3 is 2.61 bits per heavy atom. The summed E-state index contributed by atoms with van der Waals surface area (Å²) in [5, 5.41) is 3.39. The highest BCUT2D eigenvalue weighted by molar-refractivity contribution is 8.18. The van der Waals surface area contributed by atoms with E-state index in [-0.39, 0.29) is 5.91 Å². The van der Waals surface area contributed by atoms with Gasteiger partial charge in [0.1, 0.15) is 6.61 Å². The first-order valence-electron chi connectivity index (χ1n) is 9.82. The fraction of sp³-hybridized carbons (Fsp3) is 0.120. The van der Waals surface area contributed by atoms with Crippen molar-refractivity contribution in [1.82, 2.24) is 5.32 Å². The van der Waals surface area contributed by atoms with Crippen LogP contribution in [0.5, 0.6) is 11.5 Å². The number of carbonyl (C=O) groups is 1. The lowest BCUT2D eigenvalue weighted by molar-refractivity contribution is -0.115. The predicted octanol–water partition coefficient (Wildman–Crippen LogP) is 5.47. The maximum Gasteiger partial charge on any atom is 0.264 e. The van der Waals surface area contributed by atoms with Crippen molar-refractivity contribution in [2.24, 2.45) is 4.99 Å². The van der Waals surface area contributed by atoms with Gasteiger partial charge in [0.2, 0.25) is 0 Å². The zero-order valence-corrected chi connectivity index (χ0v) is 18.1. The number of aliphatic imine (C=N–C) groups is 1. The van der Waals surface area contributed by atoms with Crippen molar-refractivity contribution >= 4 is 34.6 Å². The third-order valence-corrected chi connectivity index (χ3v) is 5.52. The van der Waals surface area contributed by atoms with Crippen molar-refractivity contribution < 1.29 is 14.3 Å². The maximum absolute atomic E-state index is 12.4. The van der Waals surface area contributed by atoms with Gasteiger partial charge in [-0.3, -0.25) is 4.79 Å². The quantitative estimate of drug-likeness (QED) is 0.527. The Morgan fingerprint density at radius 1 is 1.00 bits per heavy atom. The van der Waals surface area contributed by atoms with E-state index < -0.39 is 0 Å². The topological polar surface area (TPSA) is 59.9 Å². The van der Waals surface area contributed by atoms with Crippen LogP contribution >= 0.6 is 11.8 Å². The summed E-state index contributed by atoms with van der Waals surface area (Å²) in [6.45, 7) is 2.46. The third-order valence-electron chi connectivity index (χ3n) is 4.61. The van der Waals surface area contributed by atoms with Crippen LogP contribution in [0.2, 0.25) is 0 Å². The summed E-state index contributed by atoms with van der Waals surface area (Å²) in [6.07, 6.45) is 1.82. The van der Waals surface area contributed by atoms with Crippen LogP contribution in [0.15, 0.2) is 82.7 Å². The molecule has 0 aromatic heterocycles. The SMILES string of the molecule is COc1cc(/C=C2/SC(=Nc3cccc(C)c3)NC2=O)ccc1OCc1ccccc1. The van der Waals surface area contributed by atoms with Gasteiger partial charge in [0, 0.05) is 0 Å². The molecule has 31 heavy (non-hydrogen) atoms. The normalized spacial score (nSPS) is 15.9. The van der Waals surface area contributed by atoms with Crippen molar-refractivity contribution in [3.05, 3.63) is 94.4 Å². The molecular formula is C25H22N2O3S. The number of methoxy groups -OCH3 is 1. The average Bonchev–Trinajstić information content (AvgIpc) is 3.11. The standard InChI is InChI=1S/C25H22N2O3S/c1-17-7-6-10-20(13-17)26-25-27-24(28)23(31-25)15-19-11-12-21(22(14-19)29-2)30-16-18-8-4-3-5-9-18/h3-15H,16H2,1-2H3,(H,26,27,28)/b23-15+. The highest BCUT2D eigenvalue weighted by Crippen LogP contribution is 2.32. The lowest BCUT2D eigenvalue weighted by Crippen LogP contribution is -2.19. The second kappa shape index (κ2) is 9.53. The number of nitrogens with one attached hydrogen (secondary N) is 1. The molecule has 1 fully saturated rings. The molecule has 1 N–H and O–H groups in total. The number of nitrogens with zero attached hydrogens (tertiary/aromatic N) is 1. The molecule has 0 aliphatic carbocycles. The molecule has 156 valence electrons. The van der Waals surface area contributed by atoms with E-state index in [4.69, 9.17) is 9.47 Å². The van der Waals surface area contributed by atoms with Gasteiger partial charge in [-0.25, -0.2) is 4.99 Å². The Morgan fingerprint density at radius 2 is 1.84 bits per heavy atom. The first-order valence-corrected chi connectivity index (χ1v) is 10.6. The summed E-state index contributed by atoms with van der Waals surface area (Å²) in [7, 11) is 1.60. The van der Waals surface area contributed by atoms with Gasteiger partial charge in [0.05, 0.1) is 17.7 Å². The summed E-state index contributed by atoms with van der Waals surface area (Å²) >= 11 is 1.32. The number of benzene rings is 3. The smallest absolute Gasteiger partial charge is 0.264 e. The van der Waals surface area contributed by atoms with E-state index >= 15 is 0 Å². The number of hydrogen-bond acceptors (Lipinski definition) is 5. The zero-order valence-electron chi connectivity index (χ0n) is 17.3. The van der Waals surface area contributed by atoms with Crippen LogP contribution in [0.1, 0.15) is 16.7 Å². The molecule has 1 aliphatic heterocycles. The molecule has 1 aliphatic rings. The monoisotopic (exact) mass is 430 g/mol. The van der Waals surface area contributed by atoms with E-state index in [2.05, 4.69) is 10.3 Å². The number of rotatable bonds is 6. The highest BCUT2D eigenvalue weighted by atomic mass is 32.2. The Hall–Kier alpha value is -3.51. The van der Waals surface area contributed by atoms with Crippen molar-refractivity contribution in [2.75, 3.05) is 7.11 Å². The molecule has 1 amide bonds. The molecule has 0 bridgehead atoms. The van der Waals surface area contributed by atoms with E-state index in [0.29, 0.717) is 28.2 Å². The minimum atomic E-state index is -0.167. The molecule has 6 heteroatoms. The number of thioether (sulfide) groups is 1. The molecule has 0 radical (unpaired) electrons. The summed E-state index contributed by atoms with van der Waals surface area (Å²) in [5.74, 6) is 1.10. The van der Waals surface area contributed by atoms with Gasteiger partial charge in [-0.05, 0) is 65.7 Å². The lowest BCUT2D eigenvalue weighted by Gasteiger charge is -2.11. The van der Waals surface area contributed by atoms with Crippen LogP contribution < -0.4 is 14.8 Å². The van der Waals surface area contributed by atoms with Gasteiger partial charge in [0.25, 0.3) is 5.91 Å². The Balaban J connectivity index is 1.49. The summed E-state index contributed by atoms with van der Waals surface area (Å²) in [5.41, 5.74) is 3.85. The van der Waals surface area contributed by atoms with Gasteiger partial charge in [0.15, 0.2) is 16.7 Å². The summed E-state index contributed by atoms with van der Waals surface area (Å²) < 4.78 is 11.4. The number of carbonyl (C=O) groups excluding carboxylic acids is 1. The van der Waals surface area contributed by atoms with E-state index in [1.54, 1.807) is 7.11 Å². The zero-order chi connectivity index (χ0) is 21.6. The van der Waals surface area contributed by atoms with E-state index in [1.165, 1.54) is 11.8 Å². The largest absolute Gasteiger partial charge is 0.493 e. The molecule has 0 saturated carbocycles. The van der Waals surface area contributed by atoms with Gasteiger partial charge in [-0.15, -0.1) is 0 Å². The maximum atomic E-state index is 12.4. The van der Waals surface area contributed by atoms with Crippen LogP contribution in [0.4, 0.5) is 5.69 Å². The Kier molecular flexibility index (Phi) is 6.38. The second-order valence-corrected chi connectivity index (χ2v) is 8.04. The third kappa shape index (κ3) is 5.35. The summed E-state index contributed by atoms with van der Waals surface area (Å²) in [4.78, 5) is 17.5. The molecular weight excluding hydrogens is 408 g/mol. The molecule has 5 nitrogen and oxygen atoms in total. The van der Waals surface area contributed by atoms with Crippen LogP contribution in [-0.2, 0) is 11.4 Å². The van der Waals surface area contributed by atoms with E-state index in [0.717, 1.165) is 22.4 Å². The van der Waals surface area contributed by atoms with E-state index in [9.17, 15) is 4.79 Å². The number of ether oxygens (including phenoxy) is 2. The second-order valence-electron chi connectivity index (χ2n) is 7.01. The molecule has 0 atom stereocenters. The Bertz CT molecular complexity index is 1160. The van der Waals surface area contributed by atoms with Gasteiger partial charge < -0.3 is 14.8 Å². The number of hydrogen-bond donors (Lipinski definition) is 1. The van der Waals surface area contributed by atoms with Crippen molar-refractivity contribution in [3.8, 4) is 11.5 Å². The number of aryl methyl sites for hydroxylation is 1. The fourth-order valence-corrected chi connectivity index (χ4v) is 3.92. The van der Waals surface area contributed by atoms with Crippen molar-refractivity contribution in [2.45, 2.75) is 13.5 Å². The number of amides is 1. The van der Waals surface area contributed by atoms with Crippen LogP contribution in [0.3, 0.4) is 0 Å². The molecule has 0 unspecified atom stereocenters. The Labute approximate surface area is 185 Å². The molecule has 1 saturated heterocycles. The number of amidine groups is 1. The first-order chi connectivity index (χ1) is 15.1. The predicted molar refractivity (Wildman–Crippen MR) is 126 cm³/mol. The molecule has 1 heterocycles. The molecule has 3 aromatic rings. The van der Waals surface area contributed by atoms with E-state index in [1.807, 2.05) is 85.8 Å². The van der Waals surface area contributed by atoms with Crippen molar-refractivity contribution in [3.63, 3.8) is 0 Å². The minimum Gasteiger partial charge on any atom is -0.493 e. The van der Waals surface area contributed by atoms with Crippen LogP contribution in [0, 0.1) is 6.92 Å². The van der Waals surface area contributed by atoms with Crippen molar-refractivity contribution in [1.29, 1.82) is 0 Å². The first kappa shape index (κ1) is 20.8. The van der Waals surface area contributed by atoms with Gasteiger partial charge >= 0.3 is 0 Å². The van der Waals surface area contributed by atoms with Gasteiger partial charge in [-0.1, -0.05) is 48.5 Å². The van der Waals surface area contributed by atoms with Crippen LogP contribution in [0.25, 0.3) is 6.08 Å². The molecule has 3 aromatic carbocycles. The fourth-order valence-electron chi connectivity index (χ4n) is 3.08. The minimum absolute atomic E-state index is 0.167. The molecule has 0 spiro atoms. The molecule has 4 rings (SSSR count).